The Morgan fingerprint density at radius 3 is 2.75 bits per heavy atom. The number of hydrogen-bond acceptors (Lipinski definition) is 1. The maximum Gasteiger partial charge on any atom is 0.0646 e. The first-order valence-electron chi connectivity index (χ1n) is 7.25. The Hall–Kier alpha value is -1.60. The second-order valence-electron chi connectivity index (χ2n) is 5.75. The standard InChI is InChI=1S/C19H24O/c1-14-8-15(2)11-18(10-14)19-12-16(3)9-17(13-19)6-5-7-20-4/h5-6,8-10,12-13,15H,7,11H2,1-4H3/b6-5-. The van der Waals surface area contributed by atoms with Gasteiger partial charge in [0, 0.05) is 7.11 Å². The lowest BCUT2D eigenvalue weighted by Gasteiger charge is -2.18. The third kappa shape index (κ3) is 3.94. The van der Waals surface area contributed by atoms with E-state index in [0.717, 1.165) is 6.42 Å². The molecule has 0 aromatic heterocycles. The molecule has 1 unspecified atom stereocenters. The summed E-state index contributed by atoms with van der Waals surface area (Å²) >= 11 is 0. The first-order valence-corrected chi connectivity index (χ1v) is 7.25. The molecule has 0 amide bonds. The minimum Gasteiger partial charge on any atom is -0.381 e. The maximum atomic E-state index is 5.06. The maximum absolute atomic E-state index is 5.06. The van der Waals surface area contributed by atoms with Gasteiger partial charge in [-0.1, -0.05) is 48.9 Å². The number of benzene rings is 1. The molecular formula is C19H24O. The number of ether oxygens (including phenoxy) is 1. The van der Waals surface area contributed by atoms with E-state index in [1.54, 1.807) is 7.11 Å². The Morgan fingerprint density at radius 2 is 2.05 bits per heavy atom. The highest BCUT2D eigenvalue weighted by molar-refractivity contribution is 5.72. The average Bonchev–Trinajstić information content (AvgIpc) is 2.37. The fourth-order valence-corrected chi connectivity index (χ4v) is 2.81. The quantitative estimate of drug-likeness (QED) is 0.744. The molecule has 1 atom stereocenters. The Kier molecular flexibility index (Phi) is 4.97. The van der Waals surface area contributed by atoms with E-state index in [0.29, 0.717) is 12.5 Å². The SMILES string of the molecule is COC/C=C\c1cc(C)cc(C2=CC(C)=CC(C)C2)c1. The number of methoxy groups -OCH3 is 1. The Balaban J connectivity index is 2.31. The van der Waals surface area contributed by atoms with Gasteiger partial charge in [-0.05, 0) is 54.5 Å². The molecule has 1 aliphatic carbocycles. The van der Waals surface area contributed by atoms with E-state index in [1.165, 1.54) is 27.8 Å². The predicted octanol–water partition coefficient (Wildman–Crippen LogP) is 5.02. The lowest BCUT2D eigenvalue weighted by molar-refractivity contribution is 0.234. The van der Waals surface area contributed by atoms with Crippen LogP contribution in [-0.2, 0) is 4.74 Å². The summed E-state index contributed by atoms with van der Waals surface area (Å²) in [5, 5.41) is 0. The molecule has 0 radical (unpaired) electrons. The molecule has 0 saturated heterocycles. The molecule has 0 fully saturated rings. The first-order chi connectivity index (χ1) is 9.58. The molecular weight excluding hydrogens is 244 g/mol. The zero-order chi connectivity index (χ0) is 14.5. The van der Waals surface area contributed by atoms with Crippen LogP contribution in [0.25, 0.3) is 11.6 Å². The van der Waals surface area contributed by atoms with Crippen molar-refractivity contribution >= 4 is 11.6 Å². The summed E-state index contributed by atoms with van der Waals surface area (Å²) in [6.45, 7) is 7.29. The van der Waals surface area contributed by atoms with Gasteiger partial charge in [-0.25, -0.2) is 0 Å². The smallest absolute Gasteiger partial charge is 0.0646 e. The Labute approximate surface area is 122 Å². The van der Waals surface area contributed by atoms with Crippen LogP contribution >= 0.6 is 0 Å². The molecule has 1 aromatic carbocycles. The summed E-state index contributed by atoms with van der Waals surface area (Å²) in [6.07, 6.45) is 9.98. The number of rotatable bonds is 4. The van der Waals surface area contributed by atoms with Crippen LogP contribution in [-0.4, -0.2) is 13.7 Å². The fraction of sp³-hybridized carbons (Fsp3) is 0.368. The van der Waals surface area contributed by atoms with Crippen molar-refractivity contribution in [1.82, 2.24) is 0 Å². The van der Waals surface area contributed by atoms with Crippen molar-refractivity contribution in [2.75, 3.05) is 13.7 Å². The highest BCUT2D eigenvalue weighted by Gasteiger charge is 2.11. The van der Waals surface area contributed by atoms with Crippen LogP contribution in [0.15, 0.2) is 42.0 Å². The largest absolute Gasteiger partial charge is 0.381 e. The van der Waals surface area contributed by atoms with Gasteiger partial charge >= 0.3 is 0 Å². The van der Waals surface area contributed by atoms with Crippen LogP contribution < -0.4 is 0 Å². The summed E-state index contributed by atoms with van der Waals surface area (Å²) in [6, 6.07) is 6.77. The van der Waals surface area contributed by atoms with E-state index in [1.807, 2.05) is 0 Å². The minimum atomic E-state index is 0.628. The summed E-state index contributed by atoms with van der Waals surface area (Å²) in [4.78, 5) is 0. The van der Waals surface area contributed by atoms with E-state index in [-0.39, 0.29) is 0 Å². The van der Waals surface area contributed by atoms with Gasteiger partial charge in [-0.2, -0.15) is 0 Å². The van der Waals surface area contributed by atoms with Gasteiger partial charge < -0.3 is 4.74 Å². The van der Waals surface area contributed by atoms with Crippen molar-refractivity contribution in [3.63, 3.8) is 0 Å². The van der Waals surface area contributed by atoms with Gasteiger partial charge in [0.1, 0.15) is 0 Å². The van der Waals surface area contributed by atoms with E-state index >= 15 is 0 Å². The van der Waals surface area contributed by atoms with Gasteiger partial charge in [0.05, 0.1) is 6.61 Å². The molecule has 1 nitrogen and oxygen atoms in total. The Bertz CT molecular complexity index is 561. The van der Waals surface area contributed by atoms with Gasteiger partial charge in [0.25, 0.3) is 0 Å². The van der Waals surface area contributed by atoms with Gasteiger partial charge in [0.15, 0.2) is 0 Å². The molecule has 1 aromatic rings. The van der Waals surface area contributed by atoms with Crippen molar-refractivity contribution in [2.45, 2.75) is 27.2 Å². The second kappa shape index (κ2) is 6.71. The van der Waals surface area contributed by atoms with Crippen molar-refractivity contribution < 1.29 is 4.74 Å². The first kappa shape index (κ1) is 14.8. The van der Waals surface area contributed by atoms with Crippen LogP contribution in [0.2, 0.25) is 0 Å². The lowest BCUT2D eigenvalue weighted by Crippen LogP contribution is -2.00. The number of aryl methyl sites for hydroxylation is 1. The van der Waals surface area contributed by atoms with Gasteiger partial charge in [0.2, 0.25) is 0 Å². The van der Waals surface area contributed by atoms with E-state index in [9.17, 15) is 0 Å². The summed E-state index contributed by atoms with van der Waals surface area (Å²) < 4.78 is 5.06. The molecule has 0 N–H and O–H groups in total. The molecule has 106 valence electrons. The highest BCUT2D eigenvalue weighted by Crippen LogP contribution is 2.30. The molecule has 0 bridgehead atoms. The zero-order valence-corrected chi connectivity index (χ0v) is 12.9. The average molecular weight is 268 g/mol. The highest BCUT2D eigenvalue weighted by atomic mass is 16.5. The van der Waals surface area contributed by atoms with E-state index < -0.39 is 0 Å². The van der Waals surface area contributed by atoms with Crippen LogP contribution in [0.3, 0.4) is 0 Å². The molecule has 0 heterocycles. The van der Waals surface area contributed by atoms with Crippen molar-refractivity contribution in [3.05, 3.63) is 58.7 Å². The molecule has 0 aliphatic heterocycles. The molecule has 1 aliphatic rings. The number of allylic oxidation sites excluding steroid dienone is 4. The monoisotopic (exact) mass is 268 g/mol. The second-order valence-corrected chi connectivity index (χ2v) is 5.75. The van der Waals surface area contributed by atoms with Gasteiger partial charge in [-0.15, -0.1) is 0 Å². The van der Waals surface area contributed by atoms with Crippen molar-refractivity contribution in [2.24, 2.45) is 5.92 Å². The number of hydrogen-bond donors (Lipinski definition) is 0. The van der Waals surface area contributed by atoms with Crippen LogP contribution in [0, 0.1) is 12.8 Å². The lowest BCUT2D eigenvalue weighted by atomic mass is 9.87. The topological polar surface area (TPSA) is 9.23 Å². The van der Waals surface area contributed by atoms with Crippen molar-refractivity contribution in [3.8, 4) is 0 Å². The third-order valence-corrected chi connectivity index (χ3v) is 3.53. The summed E-state index contributed by atoms with van der Waals surface area (Å²) in [5.74, 6) is 0.628. The van der Waals surface area contributed by atoms with Crippen molar-refractivity contribution in [1.29, 1.82) is 0 Å². The molecule has 1 heteroatoms. The van der Waals surface area contributed by atoms with E-state index in [2.05, 4.69) is 63.3 Å². The van der Waals surface area contributed by atoms with Crippen LogP contribution in [0.5, 0.6) is 0 Å². The molecule has 20 heavy (non-hydrogen) atoms. The summed E-state index contributed by atoms with van der Waals surface area (Å²) in [5.41, 5.74) is 6.72. The van der Waals surface area contributed by atoms with Gasteiger partial charge in [-0.3, -0.25) is 0 Å². The van der Waals surface area contributed by atoms with E-state index in [4.69, 9.17) is 4.74 Å². The normalized spacial score (nSPS) is 19.1. The fourth-order valence-electron chi connectivity index (χ4n) is 2.81. The summed E-state index contributed by atoms with van der Waals surface area (Å²) in [7, 11) is 1.72. The van der Waals surface area contributed by atoms with Crippen LogP contribution in [0.4, 0.5) is 0 Å². The molecule has 0 saturated carbocycles. The predicted molar refractivity (Wildman–Crippen MR) is 87.6 cm³/mol. The van der Waals surface area contributed by atoms with Crippen LogP contribution in [0.1, 0.15) is 37.0 Å². The minimum absolute atomic E-state index is 0.628. The zero-order valence-electron chi connectivity index (χ0n) is 12.9. The molecule has 0 spiro atoms. The Morgan fingerprint density at radius 1 is 1.25 bits per heavy atom. The molecule has 2 rings (SSSR count). The third-order valence-electron chi connectivity index (χ3n) is 3.53.